The highest BCUT2D eigenvalue weighted by molar-refractivity contribution is 7.99. The van der Waals surface area contributed by atoms with Crippen molar-refractivity contribution in [3.8, 4) is 0 Å². The van der Waals surface area contributed by atoms with E-state index in [1.165, 1.54) is 0 Å². The molecule has 0 fully saturated rings. The number of hydrogen-bond acceptors (Lipinski definition) is 5. The van der Waals surface area contributed by atoms with Crippen molar-refractivity contribution < 1.29 is 24.5 Å². The van der Waals surface area contributed by atoms with Gasteiger partial charge in [-0.15, -0.1) is 0 Å². The molecule has 1 aromatic carbocycles. The van der Waals surface area contributed by atoms with Gasteiger partial charge in [0.1, 0.15) is 0 Å². The van der Waals surface area contributed by atoms with E-state index in [0.717, 1.165) is 5.75 Å². The number of esters is 1. The van der Waals surface area contributed by atoms with Crippen molar-refractivity contribution in [3.63, 3.8) is 0 Å². The molecule has 5 nitrogen and oxygen atoms in total. The Kier molecular flexibility index (Phi) is 7.11. The molecule has 1 rings (SSSR count). The highest BCUT2D eigenvalue weighted by atomic mass is 32.2. The molecule has 0 amide bonds. The van der Waals surface area contributed by atoms with Crippen LogP contribution >= 0.6 is 11.8 Å². The Hall–Kier alpha value is -1.53. The molecule has 0 bridgehead atoms. The van der Waals surface area contributed by atoms with Gasteiger partial charge in [-0.3, -0.25) is 0 Å². The highest BCUT2D eigenvalue weighted by Gasteiger charge is 2.26. The lowest BCUT2D eigenvalue weighted by Gasteiger charge is -2.16. The second-order valence-corrected chi connectivity index (χ2v) is 5.46. The van der Waals surface area contributed by atoms with Crippen LogP contribution in [0.4, 0.5) is 0 Å². The summed E-state index contributed by atoms with van der Waals surface area (Å²) in [5.74, 6) is -0.685. The number of aliphatic hydroxyl groups is 1. The van der Waals surface area contributed by atoms with Crippen LogP contribution in [0.15, 0.2) is 30.3 Å². The number of carbonyl (C=O) groups excluding carboxylic acids is 1. The van der Waals surface area contributed by atoms with Crippen LogP contribution in [0.25, 0.3) is 0 Å². The summed E-state index contributed by atoms with van der Waals surface area (Å²) in [5.41, 5.74) is 0.379. The fraction of sp³-hybridized carbons (Fsp3) is 0.429. The molecule has 6 heteroatoms. The molecule has 0 aliphatic carbocycles. The molecule has 0 spiro atoms. The topological polar surface area (TPSA) is 83.8 Å². The quantitative estimate of drug-likeness (QED) is 0.563. The predicted molar refractivity (Wildman–Crippen MR) is 76.5 cm³/mol. The molecule has 2 N–H and O–H groups in total. The smallest absolute Gasteiger partial charge is 0.345 e. The molecule has 110 valence electrons. The van der Waals surface area contributed by atoms with Crippen molar-refractivity contribution in [1.82, 2.24) is 0 Å². The molecule has 0 aliphatic rings. The Bertz CT molecular complexity index is 434. The lowest BCUT2D eigenvalue weighted by Crippen LogP contribution is -2.30. The number of rotatable bonds is 8. The van der Waals surface area contributed by atoms with Crippen molar-refractivity contribution in [2.45, 2.75) is 25.6 Å². The number of ether oxygens (including phenoxy) is 1. The number of aliphatic hydroxyl groups excluding tert-OH is 1. The largest absolute Gasteiger partial charge is 0.479 e. The molecule has 2 atom stereocenters. The number of carboxylic acid groups (broad SMARTS) is 1. The molecule has 2 unspecified atom stereocenters. The van der Waals surface area contributed by atoms with Gasteiger partial charge < -0.3 is 14.9 Å². The Morgan fingerprint density at radius 1 is 1.30 bits per heavy atom. The molecule has 0 saturated carbocycles. The van der Waals surface area contributed by atoms with Crippen LogP contribution in [0.3, 0.4) is 0 Å². The average molecular weight is 298 g/mol. The zero-order chi connectivity index (χ0) is 15.0. The standard InChI is InChI=1S/C14H18O5S/c1-2-20-9-8-11(13(16)17)19-14(18)12(15)10-6-4-3-5-7-10/h3-7,11-12,15H,2,8-9H2,1H3,(H,16,17). The van der Waals surface area contributed by atoms with Crippen LogP contribution in [-0.2, 0) is 14.3 Å². The van der Waals surface area contributed by atoms with Crippen LogP contribution in [0.1, 0.15) is 25.0 Å². The van der Waals surface area contributed by atoms with Gasteiger partial charge in [0.2, 0.25) is 0 Å². The van der Waals surface area contributed by atoms with E-state index in [0.29, 0.717) is 11.3 Å². The van der Waals surface area contributed by atoms with Gasteiger partial charge in [0.25, 0.3) is 0 Å². The minimum absolute atomic E-state index is 0.223. The van der Waals surface area contributed by atoms with Crippen molar-refractivity contribution >= 4 is 23.7 Å². The van der Waals surface area contributed by atoms with Crippen molar-refractivity contribution in [1.29, 1.82) is 0 Å². The normalized spacial score (nSPS) is 13.5. The molecule has 0 aliphatic heterocycles. The molecule has 1 aromatic rings. The fourth-order valence-corrected chi connectivity index (χ4v) is 2.21. The van der Waals surface area contributed by atoms with Crippen molar-refractivity contribution in [3.05, 3.63) is 35.9 Å². The van der Waals surface area contributed by atoms with E-state index >= 15 is 0 Å². The molecule has 0 heterocycles. The first-order valence-electron chi connectivity index (χ1n) is 6.30. The summed E-state index contributed by atoms with van der Waals surface area (Å²) in [5, 5.41) is 18.8. The van der Waals surface area contributed by atoms with Gasteiger partial charge in [0, 0.05) is 6.42 Å². The SMILES string of the molecule is CCSCCC(OC(=O)C(O)c1ccccc1)C(=O)O. The van der Waals surface area contributed by atoms with Gasteiger partial charge in [0.05, 0.1) is 0 Å². The molecule has 0 aromatic heterocycles. The monoisotopic (exact) mass is 298 g/mol. The minimum Gasteiger partial charge on any atom is -0.479 e. The lowest BCUT2D eigenvalue weighted by atomic mass is 10.1. The number of aliphatic carboxylic acids is 1. The minimum atomic E-state index is -1.46. The van der Waals surface area contributed by atoms with E-state index in [4.69, 9.17) is 9.84 Å². The first-order valence-corrected chi connectivity index (χ1v) is 7.45. The summed E-state index contributed by atoms with van der Waals surface area (Å²) >= 11 is 1.57. The Balaban J connectivity index is 2.59. The molecular weight excluding hydrogens is 280 g/mol. The first-order chi connectivity index (χ1) is 9.56. The summed E-state index contributed by atoms with van der Waals surface area (Å²) in [4.78, 5) is 22.8. The number of carboxylic acids is 1. The Labute approximate surface area is 121 Å². The highest BCUT2D eigenvalue weighted by Crippen LogP contribution is 2.16. The Morgan fingerprint density at radius 3 is 2.50 bits per heavy atom. The van der Waals surface area contributed by atoms with E-state index in [2.05, 4.69) is 0 Å². The van der Waals surface area contributed by atoms with E-state index in [-0.39, 0.29) is 6.42 Å². The third-order valence-corrected chi connectivity index (χ3v) is 3.53. The maximum absolute atomic E-state index is 11.7. The van der Waals surface area contributed by atoms with Crippen molar-refractivity contribution in [2.75, 3.05) is 11.5 Å². The van der Waals surface area contributed by atoms with Crippen LogP contribution in [0.5, 0.6) is 0 Å². The number of carbonyl (C=O) groups is 2. The van der Waals surface area contributed by atoms with Crippen LogP contribution in [0.2, 0.25) is 0 Å². The van der Waals surface area contributed by atoms with Gasteiger partial charge in [-0.2, -0.15) is 11.8 Å². The summed E-state index contributed by atoms with van der Waals surface area (Å²) in [7, 11) is 0. The zero-order valence-corrected chi connectivity index (χ0v) is 12.0. The third-order valence-electron chi connectivity index (χ3n) is 2.60. The van der Waals surface area contributed by atoms with E-state index in [9.17, 15) is 14.7 Å². The maximum Gasteiger partial charge on any atom is 0.345 e. The van der Waals surface area contributed by atoms with Gasteiger partial charge in [-0.1, -0.05) is 37.3 Å². The zero-order valence-electron chi connectivity index (χ0n) is 11.2. The van der Waals surface area contributed by atoms with E-state index in [1.807, 2.05) is 6.92 Å². The summed E-state index contributed by atoms with van der Waals surface area (Å²) in [6.07, 6.45) is -2.46. The predicted octanol–water partition coefficient (Wildman–Crippen LogP) is 1.86. The Morgan fingerprint density at radius 2 is 1.95 bits per heavy atom. The van der Waals surface area contributed by atoms with Gasteiger partial charge in [-0.05, 0) is 17.1 Å². The number of hydrogen-bond donors (Lipinski definition) is 2. The molecule has 20 heavy (non-hydrogen) atoms. The first kappa shape index (κ1) is 16.5. The van der Waals surface area contributed by atoms with Crippen LogP contribution < -0.4 is 0 Å². The second kappa shape index (κ2) is 8.60. The average Bonchev–Trinajstić information content (AvgIpc) is 2.46. The summed E-state index contributed by atoms with van der Waals surface area (Å²) in [6, 6.07) is 8.27. The van der Waals surface area contributed by atoms with E-state index in [1.54, 1.807) is 42.1 Å². The van der Waals surface area contributed by atoms with Crippen molar-refractivity contribution in [2.24, 2.45) is 0 Å². The molecule has 0 saturated heterocycles. The van der Waals surface area contributed by atoms with Gasteiger partial charge >= 0.3 is 11.9 Å². The van der Waals surface area contributed by atoms with Crippen LogP contribution in [-0.4, -0.2) is 39.8 Å². The van der Waals surface area contributed by atoms with E-state index < -0.39 is 24.1 Å². The second-order valence-electron chi connectivity index (χ2n) is 4.06. The third kappa shape index (κ3) is 5.22. The summed E-state index contributed by atoms with van der Waals surface area (Å²) < 4.78 is 4.87. The number of thioether (sulfide) groups is 1. The van der Waals surface area contributed by atoms with Gasteiger partial charge in [0.15, 0.2) is 12.2 Å². The summed E-state index contributed by atoms with van der Waals surface area (Å²) in [6.45, 7) is 1.96. The molecular formula is C14H18O5S. The lowest BCUT2D eigenvalue weighted by molar-refractivity contribution is -0.170. The maximum atomic E-state index is 11.7. The van der Waals surface area contributed by atoms with Gasteiger partial charge in [-0.25, -0.2) is 9.59 Å². The molecule has 0 radical (unpaired) electrons. The van der Waals surface area contributed by atoms with Crippen LogP contribution in [0, 0.1) is 0 Å². The fourth-order valence-electron chi connectivity index (χ4n) is 1.54. The number of benzene rings is 1.